The molecule has 8 nitrogen and oxygen atoms in total. The molecule has 148 valence electrons. The highest BCUT2D eigenvalue weighted by Crippen LogP contribution is 2.29. The Kier molecular flexibility index (Phi) is 7.00. The zero-order chi connectivity index (χ0) is 20.7. The maximum Gasteiger partial charge on any atom is 0.331 e. The first kappa shape index (κ1) is 20.8. The summed E-state index contributed by atoms with van der Waals surface area (Å²) in [5.41, 5.74) is 0.846. The van der Waals surface area contributed by atoms with Gasteiger partial charge in [-0.2, -0.15) is 0 Å². The van der Waals surface area contributed by atoms with Crippen LogP contribution in [-0.2, 0) is 19.1 Å². The van der Waals surface area contributed by atoms with Crippen molar-refractivity contribution in [3.8, 4) is 23.0 Å². The van der Waals surface area contributed by atoms with Gasteiger partial charge in [-0.05, 0) is 41.5 Å². The second-order valence-electron chi connectivity index (χ2n) is 5.70. The van der Waals surface area contributed by atoms with Gasteiger partial charge in [0.05, 0.1) is 7.11 Å². The van der Waals surface area contributed by atoms with Crippen LogP contribution in [0.15, 0.2) is 42.5 Å². The first-order chi connectivity index (χ1) is 13.3. The highest BCUT2D eigenvalue weighted by atomic mass is 16.5. The van der Waals surface area contributed by atoms with Gasteiger partial charge < -0.3 is 29.5 Å². The summed E-state index contributed by atoms with van der Waals surface area (Å²) in [6, 6.07) is 8.42. The fraction of sp³-hybridized carbons (Fsp3) is 0.200. The molecule has 0 unspecified atom stereocenters. The van der Waals surface area contributed by atoms with E-state index in [0.29, 0.717) is 16.9 Å². The number of Topliss-reactive ketones (excluding diaryl/α,β-unsaturated/α-hetero) is 1. The van der Waals surface area contributed by atoms with Gasteiger partial charge in [0.2, 0.25) is 5.78 Å². The average Bonchev–Trinajstić information content (AvgIpc) is 2.68. The Morgan fingerprint density at radius 3 is 2.36 bits per heavy atom. The molecule has 28 heavy (non-hydrogen) atoms. The van der Waals surface area contributed by atoms with Crippen LogP contribution in [-0.4, -0.2) is 47.9 Å². The van der Waals surface area contributed by atoms with Crippen molar-refractivity contribution >= 4 is 17.8 Å². The average molecular weight is 388 g/mol. The number of benzene rings is 2. The molecule has 0 fully saturated rings. The van der Waals surface area contributed by atoms with E-state index >= 15 is 0 Å². The Labute approximate surface area is 161 Å². The van der Waals surface area contributed by atoms with Gasteiger partial charge in [-0.3, -0.25) is 4.79 Å². The number of hydrogen-bond acceptors (Lipinski definition) is 8. The lowest BCUT2D eigenvalue weighted by Gasteiger charge is -2.15. The van der Waals surface area contributed by atoms with Gasteiger partial charge in [0.25, 0.3) is 0 Å². The summed E-state index contributed by atoms with van der Waals surface area (Å²) in [6.45, 7) is -0.544. The van der Waals surface area contributed by atoms with Gasteiger partial charge in [-0.25, -0.2) is 4.79 Å². The Bertz CT molecular complexity index is 888. The second kappa shape index (κ2) is 9.43. The van der Waals surface area contributed by atoms with Crippen LogP contribution < -0.4 is 4.74 Å². The Morgan fingerprint density at radius 2 is 1.75 bits per heavy atom. The highest BCUT2D eigenvalue weighted by Gasteiger charge is 2.22. The molecule has 3 N–H and O–H groups in total. The van der Waals surface area contributed by atoms with Crippen molar-refractivity contribution in [1.29, 1.82) is 0 Å². The molecule has 0 amide bonds. The van der Waals surface area contributed by atoms with E-state index in [0.717, 1.165) is 6.08 Å². The van der Waals surface area contributed by atoms with Crippen LogP contribution in [0, 0.1) is 0 Å². The normalized spacial score (nSPS) is 11.9. The largest absolute Gasteiger partial charge is 0.504 e. The molecule has 0 bridgehead atoms. The Hall–Kier alpha value is -3.52. The quantitative estimate of drug-likeness (QED) is 0.358. The van der Waals surface area contributed by atoms with Crippen molar-refractivity contribution in [2.24, 2.45) is 0 Å². The molecule has 0 aliphatic heterocycles. The summed E-state index contributed by atoms with van der Waals surface area (Å²) >= 11 is 0. The fourth-order valence-corrected chi connectivity index (χ4v) is 2.40. The standard InChI is InChI=1S/C20H20O8/c1-26-18-7-3-12(9-16(18)23)4-8-19(25)28-11-17(24)20(27-2)13-5-6-14(21)15(22)10-13/h3-10,20-23H,11H2,1-2H3/b8-4+/t20-/m0/s1. The van der Waals surface area contributed by atoms with Crippen molar-refractivity contribution in [3.05, 3.63) is 53.6 Å². The van der Waals surface area contributed by atoms with Crippen LogP contribution in [0.5, 0.6) is 23.0 Å². The molecule has 0 aliphatic rings. The van der Waals surface area contributed by atoms with E-state index in [4.69, 9.17) is 14.2 Å². The van der Waals surface area contributed by atoms with Crippen LogP contribution in [0.25, 0.3) is 6.08 Å². The van der Waals surface area contributed by atoms with E-state index in [1.807, 2.05) is 0 Å². The number of phenols is 3. The first-order valence-corrected chi connectivity index (χ1v) is 8.15. The third kappa shape index (κ3) is 5.24. The van der Waals surface area contributed by atoms with Gasteiger partial charge in [0, 0.05) is 13.2 Å². The third-order valence-corrected chi connectivity index (χ3v) is 3.80. The number of rotatable bonds is 8. The molecule has 0 saturated heterocycles. The summed E-state index contributed by atoms with van der Waals surface area (Å²) < 4.78 is 14.9. The lowest BCUT2D eigenvalue weighted by molar-refractivity contribution is -0.146. The highest BCUT2D eigenvalue weighted by molar-refractivity contribution is 5.91. The zero-order valence-electron chi connectivity index (χ0n) is 15.3. The van der Waals surface area contributed by atoms with E-state index in [1.165, 1.54) is 44.6 Å². The molecule has 0 aliphatic carbocycles. The molecule has 2 aromatic rings. The molecule has 2 rings (SSSR count). The number of carbonyl (C=O) groups excluding carboxylic acids is 2. The molecule has 1 atom stereocenters. The molecular formula is C20H20O8. The van der Waals surface area contributed by atoms with Crippen molar-refractivity contribution in [3.63, 3.8) is 0 Å². The lowest BCUT2D eigenvalue weighted by Crippen LogP contribution is -2.21. The summed E-state index contributed by atoms with van der Waals surface area (Å²) in [5.74, 6) is -1.80. The zero-order valence-corrected chi connectivity index (χ0v) is 15.3. The number of carbonyl (C=O) groups is 2. The number of esters is 1. The van der Waals surface area contributed by atoms with Crippen LogP contribution in [0.4, 0.5) is 0 Å². The van der Waals surface area contributed by atoms with Crippen LogP contribution in [0.1, 0.15) is 17.2 Å². The minimum absolute atomic E-state index is 0.0757. The molecule has 0 heterocycles. The summed E-state index contributed by atoms with van der Waals surface area (Å²) in [6.07, 6.45) is 1.46. The van der Waals surface area contributed by atoms with Crippen molar-refractivity contribution in [1.82, 2.24) is 0 Å². The van der Waals surface area contributed by atoms with Gasteiger partial charge in [-0.15, -0.1) is 0 Å². The van der Waals surface area contributed by atoms with E-state index in [1.54, 1.807) is 12.1 Å². The van der Waals surface area contributed by atoms with Crippen LogP contribution >= 0.6 is 0 Å². The molecule has 0 aromatic heterocycles. The minimum Gasteiger partial charge on any atom is -0.504 e. The molecule has 8 heteroatoms. The predicted molar refractivity (Wildman–Crippen MR) is 99.2 cm³/mol. The third-order valence-electron chi connectivity index (χ3n) is 3.80. The minimum atomic E-state index is -1.07. The predicted octanol–water partition coefficient (Wildman–Crippen LogP) is 2.33. The van der Waals surface area contributed by atoms with Crippen LogP contribution in [0.2, 0.25) is 0 Å². The number of phenolic OH excluding ortho intramolecular Hbond substituents is 3. The molecule has 0 spiro atoms. The Morgan fingerprint density at radius 1 is 1.00 bits per heavy atom. The summed E-state index contributed by atoms with van der Waals surface area (Å²) in [4.78, 5) is 24.1. The van der Waals surface area contributed by atoms with E-state index in [2.05, 4.69) is 0 Å². The number of ether oxygens (including phenoxy) is 3. The van der Waals surface area contributed by atoms with Gasteiger partial charge in [0.1, 0.15) is 6.10 Å². The fourth-order valence-electron chi connectivity index (χ4n) is 2.40. The van der Waals surface area contributed by atoms with E-state index in [9.17, 15) is 24.9 Å². The molecule has 2 aromatic carbocycles. The monoisotopic (exact) mass is 388 g/mol. The summed E-state index contributed by atoms with van der Waals surface area (Å²) in [5, 5.41) is 28.6. The molecular weight excluding hydrogens is 368 g/mol. The number of hydrogen-bond donors (Lipinski definition) is 3. The van der Waals surface area contributed by atoms with E-state index in [-0.39, 0.29) is 11.5 Å². The van der Waals surface area contributed by atoms with Crippen molar-refractivity contribution < 1.29 is 39.1 Å². The van der Waals surface area contributed by atoms with Crippen molar-refractivity contribution in [2.45, 2.75) is 6.10 Å². The smallest absolute Gasteiger partial charge is 0.331 e. The lowest BCUT2D eigenvalue weighted by atomic mass is 10.1. The van der Waals surface area contributed by atoms with Gasteiger partial charge >= 0.3 is 5.97 Å². The molecule has 0 saturated carbocycles. The molecule has 0 radical (unpaired) electrons. The second-order valence-corrected chi connectivity index (χ2v) is 5.70. The summed E-state index contributed by atoms with van der Waals surface area (Å²) in [7, 11) is 2.72. The maximum absolute atomic E-state index is 12.2. The Balaban J connectivity index is 1.95. The number of ketones is 1. The number of aromatic hydroxyl groups is 3. The van der Waals surface area contributed by atoms with E-state index < -0.39 is 30.2 Å². The number of methoxy groups -OCH3 is 2. The van der Waals surface area contributed by atoms with Crippen LogP contribution in [0.3, 0.4) is 0 Å². The van der Waals surface area contributed by atoms with Gasteiger partial charge in [-0.1, -0.05) is 12.1 Å². The maximum atomic E-state index is 12.2. The first-order valence-electron chi connectivity index (χ1n) is 8.15. The SMILES string of the molecule is COc1ccc(/C=C/C(=O)OCC(=O)[C@@H](OC)c2ccc(O)c(O)c2)cc1O. The topological polar surface area (TPSA) is 123 Å². The van der Waals surface area contributed by atoms with Crippen molar-refractivity contribution in [2.75, 3.05) is 20.8 Å². The van der Waals surface area contributed by atoms with Gasteiger partial charge in [0.15, 0.2) is 29.6 Å².